The molecule has 1 aliphatic rings. The van der Waals surface area contributed by atoms with E-state index in [-0.39, 0.29) is 0 Å². The highest BCUT2D eigenvalue weighted by Crippen LogP contribution is 2.31. The van der Waals surface area contributed by atoms with Crippen LogP contribution in [0.4, 0.5) is 5.69 Å². The maximum Gasteiger partial charge on any atom is 0.306 e. The summed E-state index contributed by atoms with van der Waals surface area (Å²) < 4.78 is 0. The zero-order chi connectivity index (χ0) is 13.3. The van der Waals surface area contributed by atoms with Crippen LogP contribution in [-0.2, 0) is 14.4 Å². The number of carboxylic acids is 1. The molecule has 0 aliphatic carbocycles. The molecule has 1 aromatic rings. The maximum atomic E-state index is 12.0. The van der Waals surface area contributed by atoms with Crippen molar-refractivity contribution in [1.82, 2.24) is 0 Å². The first-order valence-corrected chi connectivity index (χ1v) is 5.31. The predicted molar refractivity (Wildman–Crippen MR) is 60.8 cm³/mol. The Bertz CT molecular complexity index is 512. The van der Waals surface area contributed by atoms with Gasteiger partial charge in [-0.2, -0.15) is 0 Å². The topological polar surface area (TPSA) is 94.9 Å². The van der Waals surface area contributed by atoms with Gasteiger partial charge < -0.3 is 10.2 Å². The molecule has 6 heteroatoms. The number of nitrogens with zero attached hydrogens (tertiary/aromatic N) is 1. The fourth-order valence-corrected chi connectivity index (χ4v) is 1.95. The monoisotopic (exact) mass is 249 g/mol. The molecule has 0 radical (unpaired) electrons. The summed E-state index contributed by atoms with van der Waals surface area (Å²) in [6, 6.07) is 8.09. The molecule has 0 aromatic heterocycles. The van der Waals surface area contributed by atoms with E-state index in [0.717, 1.165) is 4.90 Å². The molecule has 0 bridgehead atoms. The van der Waals surface area contributed by atoms with Crippen molar-refractivity contribution in [3.63, 3.8) is 0 Å². The van der Waals surface area contributed by atoms with Crippen LogP contribution in [0.3, 0.4) is 0 Å². The highest BCUT2D eigenvalue weighted by atomic mass is 16.4. The third kappa shape index (κ3) is 1.98. The number of carbonyl (C=O) groups is 3. The van der Waals surface area contributed by atoms with Crippen molar-refractivity contribution in [3.8, 4) is 0 Å². The molecule has 2 amide bonds. The first kappa shape index (κ1) is 12.3. The number of carbonyl (C=O) groups excluding carboxylic acids is 2. The number of hydrogen-bond acceptors (Lipinski definition) is 4. The highest BCUT2D eigenvalue weighted by Gasteiger charge is 2.52. The van der Waals surface area contributed by atoms with Gasteiger partial charge in [-0.3, -0.25) is 14.4 Å². The Morgan fingerprint density at radius 3 is 2.44 bits per heavy atom. The van der Waals surface area contributed by atoms with E-state index in [1.165, 1.54) is 0 Å². The molecule has 0 spiro atoms. The normalized spacial score (nSPS) is 23.5. The molecule has 1 heterocycles. The highest BCUT2D eigenvalue weighted by molar-refractivity contribution is 6.24. The number of amides is 2. The average Bonchev–Trinajstić information content (AvgIpc) is 2.49. The van der Waals surface area contributed by atoms with Crippen molar-refractivity contribution in [2.24, 2.45) is 0 Å². The van der Waals surface area contributed by atoms with E-state index in [1.54, 1.807) is 30.3 Å². The molecule has 1 atom stereocenters. The number of para-hydroxylation sites is 1. The molecule has 2 rings (SSSR count). The molecule has 18 heavy (non-hydrogen) atoms. The minimum Gasteiger partial charge on any atom is -0.481 e. The Hall–Kier alpha value is -2.21. The molecule has 1 unspecified atom stereocenters. The van der Waals surface area contributed by atoms with Crippen LogP contribution in [0.15, 0.2) is 30.3 Å². The first-order valence-electron chi connectivity index (χ1n) is 5.31. The summed E-state index contributed by atoms with van der Waals surface area (Å²) in [5.41, 5.74) is -1.81. The van der Waals surface area contributed by atoms with Crippen molar-refractivity contribution in [2.45, 2.75) is 18.4 Å². The second-order valence-corrected chi connectivity index (χ2v) is 4.15. The van der Waals surface area contributed by atoms with Crippen LogP contribution in [0.25, 0.3) is 0 Å². The van der Waals surface area contributed by atoms with Crippen LogP contribution in [0, 0.1) is 0 Å². The predicted octanol–water partition coefficient (Wildman–Crippen LogP) is 0.156. The SMILES string of the molecule is O=C(O)CC1(O)CC(=O)N(c2ccccc2)C1=O. The summed E-state index contributed by atoms with van der Waals surface area (Å²) in [4.78, 5) is 35.1. The second-order valence-electron chi connectivity index (χ2n) is 4.15. The minimum atomic E-state index is -2.14. The van der Waals surface area contributed by atoms with E-state index in [2.05, 4.69) is 0 Å². The van der Waals surface area contributed by atoms with Crippen molar-refractivity contribution in [3.05, 3.63) is 30.3 Å². The number of benzene rings is 1. The van der Waals surface area contributed by atoms with Gasteiger partial charge in [-0.05, 0) is 12.1 Å². The van der Waals surface area contributed by atoms with Crippen molar-refractivity contribution in [2.75, 3.05) is 4.90 Å². The lowest BCUT2D eigenvalue weighted by Crippen LogP contribution is -2.42. The molecule has 1 aliphatic heterocycles. The van der Waals surface area contributed by atoms with Gasteiger partial charge in [-0.15, -0.1) is 0 Å². The molecular formula is C12H11NO5. The van der Waals surface area contributed by atoms with Gasteiger partial charge >= 0.3 is 5.97 Å². The fraction of sp³-hybridized carbons (Fsp3) is 0.250. The molecule has 6 nitrogen and oxygen atoms in total. The molecule has 1 saturated heterocycles. The van der Waals surface area contributed by atoms with Gasteiger partial charge in [0.1, 0.15) is 0 Å². The summed E-state index contributed by atoms with van der Waals surface area (Å²) in [6.07, 6.45) is -1.28. The van der Waals surface area contributed by atoms with Crippen LogP contribution in [0.5, 0.6) is 0 Å². The van der Waals surface area contributed by atoms with E-state index in [1.807, 2.05) is 0 Å². The van der Waals surface area contributed by atoms with Crippen LogP contribution < -0.4 is 4.90 Å². The van der Waals surface area contributed by atoms with Gasteiger partial charge in [0.25, 0.3) is 5.91 Å². The number of aliphatic hydroxyl groups is 1. The molecular weight excluding hydrogens is 238 g/mol. The van der Waals surface area contributed by atoms with Crippen LogP contribution in [0.2, 0.25) is 0 Å². The Morgan fingerprint density at radius 2 is 1.89 bits per heavy atom. The lowest BCUT2D eigenvalue weighted by atomic mass is 9.98. The van der Waals surface area contributed by atoms with Gasteiger partial charge in [-0.25, -0.2) is 4.90 Å². The number of carboxylic acid groups (broad SMARTS) is 1. The lowest BCUT2D eigenvalue weighted by molar-refractivity contribution is -0.148. The molecule has 1 fully saturated rings. The van der Waals surface area contributed by atoms with Crippen molar-refractivity contribution >= 4 is 23.5 Å². The van der Waals surface area contributed by atoms with Gasteiger partial charge in [-0.1, -0.05) is 18.2 Å². The van der Waals surface area contributed by atoms with Gasteiger partial charge in [0.05, 0.1) is 18.5 Å². The fourth-order valence-electron chi connectivity index (χ4n) is 1.95. The lowest BCUT2D eigenvalue weighted by Gasteiger charge is -2.19. The van der Waals surface area contributed by atoms with Gasteiger partial charge in [0.15, 0.2) is 5.60 Å². The van der Waals surface area contributed by atoms with Crippen molar-refractivity contribution < 1.29 is 24.6 Å². The number of hydrogen-bond donors (Lipinski definition) is 2. The molecule has 2 N–H and O–H groups in total. The largest absolute Gasteiger partial charge is 0.481 e. The summed E-state index contributed by atoms with van der Waals surface area (Å²) in [5.74, 6) is -2.82. The zero-order valence-corrected chi connectivity index (χ0v) is 9.37. The van der Waals surface area contributed by atoms with Crippen LogP contribution in [0.1, 0.15) is 12.8 Å². The molecule has 0 saturated carbocycles. The maximum absolute atomic E-state index is 12.0. The third-order valence-electron chi connectivity index (χ3n) is 2.75. The summed E-state index contributed by atoms with van der Waals surface area (Å²) in [7, 11) is 0. The number of rotatable bonds is 3. The van der Waals surface area contributed by atoms with E-state index in [4.69, 9.17) is 5.11 Å². The third-order valence-corrected chi connectivity index (χ3v) is 2.75. The van der Waals surface area contributed by atoms with Crippen molar-refractivity contribution in [1.29, 1.82) is 0 Å². The Morgan fingerprint density at radius 1 is 1.28 bits per heavy atom. The number of anilines is 1. The van der Waals surface area contributed by atoms with Gasteiger partial charge in [0.2, 0.25) is 5.91 Å². The average molecular weight is 249 g/mol. The van der Waals surface area contributed by atoms with Crippen LogP contribution >= 0.6 is 0 Å². The zero-order valence-electron chi connectivity index (χ0n) is 9.37. The summed E-state index contributed by atoms with van der Waals surface area (Å²) in [5, 5.41) is 18.6. The Kier molecular flexibility index (Phi) is 2.88. The standard InChI is InChI=1S/C12H11NO5/c14-9-6-12(18,7-10(15)16)11(17)13(9)8-4-2-1-3-5-8/h1-5,18H,6-7H2,(H,15,16). The van der Waals surface area contributed by atoms with E-state index >= 15 is 0 Å². The first-order chi connectivity index (χ1) is 8.44. The molecule has 1 aromatic carbocycles. The Labute approximate surface area is 102 Å². The number of imide groups is 1. The summed E-state index contributed by atoms with van der Waals surface area (Å²) in [6.45, 7) is 0. The number of aliphatic carboxylic acids is 1. The summed E-state index contributed by atoms with van der Waals surface area (Å²) >= 11 is 0. The minimum absolute atomic E-state index is 0.328. The van der Waals surface area contributed by atoms with E-state index in [0.29, 0.717) is 5.69 Å². The second kappa shape index (κ2) is 4.23. The van der Waals surface area contributed by atoms with Gasteiger partial charge in [0, 0.05) is 0 Å². The van der Waals surface area contributed by atoms with E-state index in [9.17, 15) is 19.5 Å². The van der Waals surface area contributed by atoms with E-state index < -0.39 is 36.2 Å². The smallest absolute Gasteiger partial charge is 0.306 e. The van der Waals surface area contributed by atoms with Crippen LogP contribution in [-0.4, -0.2) is 33.6 Å². The quantitative estimate of drug-likeness (QED) is 0.744. The molecule has 94 valence electrons. The Balaban J connectivity index is 2.33.